The van der Waals surface area contributed by atoms with Crippen LogP contribution in [0.5, 0.6) is 0 Å². The Morgan fingerprint density at radius 1 is 1.35 bits per heavy atom. The highest BCUT2D eigenvalue weighted by molar-refractivity contribution is 6.01. The van der Waals surface area contributed by atoms with E-state index in [4.69, 9.17) is 10.8 Å². The molecule has 106 valence electrons. The van der Waals surface area contributed by atoms with Gasteiger partial charge in [-0.05, 0) is 24.1 Å². The van der Waals surface area contributed by atoms with E-state index < -0.39 is 23.9 Å². The average molecular weight is 278 g/mol. The van der Waals surface area contributed by atoms with Gasteiger partial charge in [0.15, 0.2) is 0 Å². The van der Waals surface area contributed by atoms with Crippen LogP contribution in [0, 0.1) is 0 Å². The quantitative estimate of drug-likeness (QED) is 0.676. The third-order valence-corrected chi connectivity index (χ3v) is 3.26. The van der Waals surface area contributed by atoms with Gasteiger partial charge in [-0.2, -0.15) is 0 Å². The van der Waals surface area contributed by atoms with Crippen molar-refractivity contribution < 1.29 is 24.6 Å². The van der Waals surface area contributed by atoms with Gasteiger partial charge in [0, 0.05) is 24.2 Å². The molecule has 2 rings (SSSR count). The van der Waals surface area contributed by atoms with Crippen molar-refractivity contribution in [2.45, 2.75) is 25.4 Å². The van der Waals surface area contributed by atoms with Crippen molar-refractivity contribution in [1.29, 1.82) is 0 Å². The van der Waals surface area contributed by atoms with Crippen LogP contribution in [0.25, 0.3) is 0 Å². The molecule has 0 saturated heterocycles. The summed E-state index contributed by atoms with van der Waals surface area (Å²) in [6, 6.07) is 3.68. The van der Waals surface area contributed by atoms with Crippen LogP contribution in [0.15, 0.2) is 18.2 Å². The Hall–Kier alpha value is -2.57. The fraction of sp³-hybridized carbons (Fsp3) is 0.308. The molecule has 1 unspecified atom stereocenters. The normalized spacial score (nSPS) is 15.0. The van der Waals surface area contributed by atoms with E-state index in [1.54, 1.807) is 12.1 Å². The number of nitrogens with zero attached hydrogens (tertiary/aromatic N) is 1. The van der Waals surface area contributed by atoms with Crippen LogP contribution >= 0.6 is 0 Å². The van der Waals surface area contributed by atoms with Crippen LogP contribution in [0.1, 0.15) is 28.8 Å². The van der Waals surface area contributed by atoms with Gasteiger partial charge in [0.25, 0.3) is 5.91 Å². The van der Waals surface area contributed by atoms with E-state index in [-0.39, 0.29) is 19.4 Å². The minimum absolute atomic E-state index is 0.125. The Morgan fingerprint density at radius 2 is 2.05 bits per heavy atom. The molecule has 0 spiro atoms. The molecule has 0 aromatic heterocycles. The number of carboxylic acid groups (broad SMARTS) is 2. The number of amides is 1. The first-order chi connectivity index (χ1) is 9.40. The SMILES string of the molecule is Nc1ccc2c(c1)C(=O)N(C(CCC(=O)O)C(=O)O)C2. The molecule has 1 aromatic carbocycles. The van der Waals surface area contributed by atoms with Crippen molar-refractivity contribution in [1.82, 2.24) is 4.90 Å². The van der Waals surface area contributed by atoms with Gasteiger partial charge in [-0.1, -0.05) is 6.07 Å². The van der Waals surface area contributed by atoms with Crippen LogP contribution in [0.4, 0.5) is 5.69 Å². The minimum Gasteiger partial charge on any atom is -0.481 e. The van der Waals surface area contributed by atoms with Gasteiger partial charge in [-0.3, -0.25) is 9.59 Å². The Bertz CT molecular complexity index is 584. The zero-order valence-electron chi connectivity index (χ0n) is 10.6. The van der Waals surface area contributed by atoms with Gasteiger partial charge < -0.3 is 20.8 Å². The first-order valence-electron chi connectivity index (χ1n) is 6.04. The van der Waals surface area contributed by atoms with E-state index in [1.807, 2.05) is 0 Å². The summed E-state index contributed by atoms with van der Waals surface area (Å²) in [6.45, 7) is 0.158. The van der Waals surface area contributed by atoms with Crippen molar-refractivity contribution in [2.24, 2.45) is 0 Å². The number of rotatable bonds is 5. The van der Waals surface area contributed by atoms with Gasteiger partial charge >= 0.3 is 11.9 Å². The second-order valence-electron chi connectivity index (χ2n) is 4.64. The summed E-state index contributed by atoms with van der Waals surface area (Å²) in [5.74, 6) is -2.73. The summed E-state index contributed by atoms with van der Waals surface area (Å²) in [4.78, 5) is 35.2. The van der Waals surface area contributed by atoms with E-state index in [0.717, 1.165) is 0 Å². The number of nitrogens with two attached hydrogens (primary N) is 1. The Kier molecular flexibility index (Phi) is 3.60. The molecular weight excluding hydrogens is 264 g/mol. The molecule has 20 heavy (non-hydrogen) atoms. The standard InChI is InChI=1S/C13H14N2O5/c14-8-2-1-7-6-15(12(18)9(7)5-8)10(13(19)20)3-4-11(16)17/h1-2,5,10H,3-4,6,14H2,(H,16,17)(H,19,20). The van der Waals surface area contributed by atoms with Crippen LogP contribution in [0.3, 0.4) is 0 Å². The third kappa shape index (κ3) is 2.56. The lowest BCUT2D eigenvalue weighted by Gasteiger charge is -2.23. The van der Waals surface area contributed by atoms with Gasteiger partial charge in [-0.25, -0.2) is 4.79 Å². The van der Waals surface area contributed by atoms with Crippen LogP contribution in [-0.4, -0.2) is 39.0 Å². The number of benzene rings is 1. The molecule has 1 atom stereocenters. The lowest BCUT2D eigenvalue weighted by molar-refractivity contribution is -0.143. The highest BCUT2D eigenvalue weighted by Crippen LogP contribution is 2.27. The minimum atomic E-state index is -1.21. The number of carbonyl (C=O) groups is 3. The molecule has 0 radical (unpaired) electrons. The topological polar surface area (TPSA) is 121 Å². The maximum absolute atomic E-state index is 12.2. The predicted octanol–water partition coefficient (Wildman–Crippen LogP) is 0.543. The second kappa shape index (κ2) is 5.20. The lowest BCUT2D eigenvalue weighted by atomic mass is 10.1. The summed E-state index contributed by atoms with van der Waals surface area (Å²) in [7, 11) is 0. The van der Waals surface area contributed by atoms with Crippen molar-refractivity contribution in [3.63, 3.8) is 0 Å². The fourth-order valence-corrected chi connectivity index (χ4v) is 2.27. The average Bonchev–Trinajstić information content (AvgIpc) is 2.67. The Labute approximate surface area is 114 Å². The van der Waals surface area contributed by atoms with Crippen molar-refractivity contribution in [3.05, 3.63) is 29.3 Å². The Morgan fingerprint density at radius 3 is 2.65 bits per heavy atom. The maximum Gasteiger partial charge on any atom is 0.326 e. The molecule has 1 heterocycles. The van der Waals surface area contributed by atoms with Crippen molar-refractivity contribution in [3.8, 4) is 0 Å². The molecular formula is C13H14N2O5. The van der Waals surface area contributed by atoms with Crippen molar-refractivity contribution in [2.75, 3.05) is 5.73 Å². The molecule has 0 fully saturated rings. The smallest absolute Gasteiger partial charge is 0.326 e. The molecule has 1 aliphatic heterocycles. The van der Waals surface area contributed by atoms with Crippen LogP contribution < -0.4 is 5.73 Å². The van der Waals surface area contributed by atoms with Gasteiger partial charge in [0.05, 0.1) is 0 Å². The largest absolute Gasteiger partial charge is 0.481 e. The van der Waals surface area contributed by atoms with E-state index in [2.05, 4.69) is 0 Å². The first kappa shape index (κ1) is 13.9. The number of hydrogen-bond acceptors (Lipinski definition) is 4. The maximum atomic E-state index is 12.2. The summed E-state index contributed by atoms with van der Waals surface area (Å²) in [5.41, 5.74) is 7.12. The highest BCUT2D eigenvalue weighted by atomic mass is 16.4. The summed E-state index contributed by atoms with van der Waals surface area (Å²) >= 11 is 0. The van der Waals surface area contributed by atoms with E-state index in [1.165, 1.54) is 11.0 Å². The molecule has 1 aliphatic rings. The highest BCUT2D eigenvalue weighted by Gasteiger charge is 2.36. The van der Waals surface area contributed by atoms with Gasteiger partial charge in [0.2, 0.25) is 0 Å². The second-order valence-corrected chi connectivity index (χ2v) is 4.64. The monoisotopic (exact) mass is 278 g/mol. The number of hydrogen-bond donors (Lipinski definition) is 3. The number of carboxylic acids is 2. The summed E-state index contributed by atoms with van der Waals surface area (Å²) in [5, 5.41) is 17.8. The zero-order chi connectivity index (χ0) is 14.9. The molecule has 4 N–H and O–H groups in total. The van der Waals surface area contributed by atoms with Crippen LogP contribution in [-0.2, 0) is 16.1 Å². The first-order valence-corrected chi connectivity index (χ1v) is 6.04. The molecule has 7 nitrogen and oxygen atoms in total. The molecule has 0 bridgehead atoms. The molecule has 0 saturated carbocycles. The summed E-state index contributed by atoms with van der Waals surface area (Å²) in [6.07, 6.45) is -0.431. The fourth-order valence-electron chi connectivity index (χ4n) is 2.27. The molecule has 1 aromatic rings. The molecule has 7 heteroatoms. The third-order valence-electron chi connectivity index (χ3n) is 3.26. The number of carbonyl (C=O) groups excluding carboxylic acids is 1. The number of anilines is 1. The predicted molar refractivity (Wildman–Crippen MR) is 69.0 cm³/mol. The van der Waals surface area contributed by atoms with E-state index in [0.29, 0.717) is 16.8 Å². The summed E-state index contributed by atoms with van der Waals surface area (Å²) < 4.78 is 0. The van der Waals surface area contributed by atoms with Crippen LogP contribution in [0.2, 0.25) is 0 Å². The van der Waals surface area contributed by atoms with E-state index in [9.17, 15) is 19.5 Å². The number of nitrogen functional groups attached to an aromatic ring is 1. The molecule has 1 amide bonds. The lowest BCUT2D eigenvalue weighted by Crippen LogP contribution is -2.41. The van der Waals surface area contributed by atoms with Gasteiger partial charge in [0.1, 0.15) is 6.04 Å². The Balaban J connectivity index is 2.23. The van der Waals surface area contributed by atoms with E-state index >= 15 is 0 Å². The zero-order valence-corrected chi connectivity index (χ0v) is 10.6. The molecule has 0 aliphatic carbocycles. The van der Waals surface area contributed by atoms with Crippen molar-refractivity contribution >= 4 is 23.5 Å². The number of aliphatic carboxylic acids is 2. The van der Waals surface area contributed by atoms with Gasteiger partial charge in [-0.15, -0.1) is 0 Å². The number of fused-ring (bicyclic) bond motifs is 1.